The van der Waals surface area contributed by atoms with Crippen LogP contribution in [0.2, 0.25) is 10.0 Å². The molecule has 0 saturated carbocycles. The van der Waals surface area contributed by atoms with Gasteiger partial charge in [0.2, 0.25) is 5.91 Å². The number of carbonyl (C=O) groups is 1. The molecule has 0 fully saturated rings. The van der Waals surface area contributed by atoms with E-state index in [0.29, 0.717) is 15.6 Å². The van der Waals surface area contributed by atoms with Gasteiger partial charge in [-0.05, 0) is 30.7 Å². The third-order valence-electron chi connectivity index (χ3n) is 2.15. The van der Waals surface area contributed by atoms with Crippen molar-refractivity contribution in [1.82, 2.24) is 5.32 Å². The molecule has 4 N–H and O–H groups in total. The summed E-state index contributed by atoms with van der Waals surface area (Å²) in [5, 5.41) is 13.2. The smallest absolute Gasteiger partial charge is 0.236 e. The molecule has 0 radical (unpaired) electrons. The average Bonchev–Trinajstić information content (AvgIpc) is 2.23. The zero-order valence-corrected chi connectivity index (χ0v) is 10.8. The van der Waals surface area contributed by atoms with Gasteiger partial charge in [-0.25, -0.2) is 0 Å². The van der Waals surface area contributed by atoms with Crippen molar-refractivity contribution in [2.75, 3.05) is 6.54 Å². The van der Waals surface area contributed by atoms with Crippen LogP contribution >= 0.6 is 23.2 Å². The van der Waals surface area contributed by atoms with Crippen LogP contribution in [0.4, 0.5) is 0 Å². The molecule has 0 aliphatic carbocycles. The lowest BCUT2D eigenvalue weighted by atomic mass is 10.1. The number of nitrogens with two attached hydrogens (primary N) is 1. The fourth-order valence-electron chi connectivity index (χ4n) is 1.24. The average molecular weight is 277 g/mol. The molecule has 0 aromatic heterocycles. The molecule has 1 aromatic carbocycles. The normalized spacial score (nSPS) is 14.2. The van der Waals surface area contributed by atoms with Crippen LogP contribution in [0.1, 0.15) is 18.6 Å². The molecular formula is C11H14Cl2N2O2. The number of carbonyl (C=O) groups excluding carboxylic acids is 1. The van der Waals surface area contributed by atoms with Crippen LogP contribution < -0.4 is 11.1 Å². The van der Waals surface area contributed by atoms with Crippen LogP contribution in [0.15, 0.2) is 18.2 Å². The maximum atomic E-state index is 11.2. The third kappa shape index (κ3) is 4.52. The van der Waals surface area contributed by atoms with Crippen LogP contribution in [0.25, 0.3) is 0 Å². The summed E-state index contributed by atoms with van der Waals surface area (Å²) >= 11 is 11.6. The minimum Gasteiger partial charge on any atom is -0.387 e. The molecule has 2 atom stereocenters. The molecule has 1 rings (SSSR count). The van der Waals surface area contributed by atoms with Crippen LogP contribution in [-0.2, 0) is 4.79 Å². The molecular weight excluding hydrogens is 263 g/mol. The Morgan fingerprint density at radius 2 is 1.94 bits per heavy atom. The van der Waals surface area contributed by atoms with Crippen molar-refractivity contribution in [2.24, 2.45) is 5.73 Å². The van der Waals surface area contributed by atoms with Crippen LogP contribution in [-0.4, -0.2) is 23.6 Å². The lowest BCUT2D eigenvalue weighted by Gasteiger charge is -2.14. The second-order valence-electron chi connectivity index (χ2n) is 3.75. The van der Waals surface area contributed by atoms with Crippen molar-refractivity contribution < 1.29 is 9.90 Å². The van der Waals surface area contributed by atoms with E-state index in [1.165, 1.54) is 0 Å². The van der Waals surface area contributed by atoms with Gasteiger partial charge in [-0.15, -0.1) is 0 Å². The predicted octanol–water partition coefficient (Wildman–Crippen LogP) is 1.49. The zero-order chi connectivity index (χ0) is 13.0. The highest BCUT2D eigenvalue weighted by atomic mass is 35.5. The summed E-state index contributed by atoms with van der Waals surface area (Å²) in [6.07, 6.45) is -0.867. The van der Waals surface area contributed by atoms with Gasteiger partial charge in [-0.1, -0.05) is 23.2 Å². The molecule has 4 nitrogen and oxygen atoms in total. The van der Waals surface area contributed by atoms with E-state index in [2.05, 4.69) is 5.32 Å². The molecule has 1 unspecified atom stereocenters. The standard InChI is InChI=1S/C11H14Cl2N2O2/c1-6(14)11(17)15-5-10(16)7-2-8(12)4-9(13)3-7/h2-4,6,10,16H,5,14H2,1H3,(H,15,17)/t6-,10?/m1/s1. The molecule has 1 amide bonds. The Morgan fingerprint density at radius 1 is 1.41 bits per heavy atom. The number of aliphatic hydroxyl groups is 1. The Labute approximate surface area is 110 Å². The second kappa shape index (κ2) is 6.21. The highest BCUT2D eigenvalue weighted by Crippen LogP contribution is 2.23. The van der Waals surface area contributed by atoms with Gasteiger partial charge in [-0.2, -0.15) is 0 Å². The molecule has 0 aliphatic heterocycles. The van der Waals surface area contributed by atoms with Gasteiger partial charge in [0.15, 0.2) is 0 Å². The van der Waals surface area contributed by atoms with Crippen molar-refractivity contribution in [2.45, 2.75) is 19.1 Å². The summed E-state index contributed by atoms with van der Waals surface area (Å²) < 4.78 is 0. The van der Waals surface area contributed by atoms with Gasteiger partial charge >= 0.3 is 0 Å². The first-order chi connectivity index (χ1) is 7.90. The molecule has 6 heteroatoms. The summed E-state index contributed by atoms with van der Waals surface area (Å²) in [5.74, 6) is -0.322. The topological polar surface area (TPSA) is 75.4 Å². The number of halogens is 2. The Bertz CT molecular complexity index is 390. The molecule has 0 spiro atoms. The number of nitrogens with one attached hydrogen (secondary N) is 1. The number of hydrogen-bond donors (Lipinski definition) is 3. The predicted molar refractivity (Wildman–Crippen MR) is 68.1 cm³/mol. The van der Waals surface area contributed by atoms with Gasteiger partial charge in [0.05, 0.1) is 12.1 Å². The first kappa shape index (κ1) is 14.3. The van der Waals surface area contributed by atoms with Crippen LogP contribution in [0.5, 0.6) is 0 Å². The zero-order valence-electron chi connectivity index (χ0n) is 9.28. The molecule has 94 valence electrons. The number of rotatable bonds is 4. The quantitative estimate of drug-likeness (QED) is 0.780. The number of benzene rings is 1. The van der Waals surface area contributed by atoms with Gasteiger partial charge in [0.1, 0.15) is 0 Å². The van der Waals surface area contributed by atoms with E-state index in [4.69, 9.17) is 28.9 Å². The van der Waals surface area contributed by atoms with Gasteiger partial charge < -0.3 is 16.2 Å². The maximum Gasteiger partial charge on any atom is 0.236 e. The van der Waals surface area contributed by atoms with Crippen molar-refractivity contribution in [3.63, 3.8) is 0 Å². The van der Waals surface area contributed by atoms with Crippen molar-refractivity contribution in [1.29, 1.82) is 0 Å². The van der Waals surface area contributed by atoms with E-state index in [9.17, 15) is 9.90 Å². The summed E-state index contributed by atoms with van der Waals surface area (Å²) in [7, 11) is 0. The van der Waals surface area contributed by atoms with E-state index in [-0.39, 0.29) is 12.5 Å². The lowest BCUT2D eigenvalue weighted by Crippen LogP contribution is -2.40. The fourth-order valence-corrected chi connectivity index (χ4v) is 1.79. The maximum absolute atomic E-state index is 11.2. The third-order valence-corrected chi connectivity index (χ3v) is 2.59. The lowest BCUT2D eigenvalue weighted by molar-refractivity contribution is -0.122. The van der Waals surface area contributed by atoms with E-state index < -0.39 is 12.1 Å². The summed E-state index contributed by atoms with van der Waals surface area (Å²) in [6, 6.07) is 4.15. The molecule has 0 bridgehead atoms. The Morgan fingerprint density at radius 3 is 2.41 bits per heavy atom. The van der Waals surface area contributed by atoms with E-state index in [1.807, 2.05) is 0 Å². The van der Waals surface area contributed by atoms with Gasteiger partial charge in [0.25, 0.3) is 0 Å². The largest absolute Gasteiger partial charge is 0.387 e. The number of hydrogen-bond acceptors (Lipinski definition) is 3. The fraction of sp³-hybridized carbons (Fsp3) is 0.364. The molecule has 0 heterocycles. The van der Waals surface area contributed by atoms with E-state index in [1.54, 1.807) is 25.1 Å². The monoisotopic (exact) mass is 276 g/mol. The highest BCUT2D eigenvalue weighted by Gasteiger charge is 2.12. The molecule has 17 heavy (non-hydrogen) atoms. The van der Waals surface area contributed by atoms with Crippen molar-refractivity contribution in [3.05, 3.63) is 33.8 Å². The minimum absolute atomic E-state index is 0.0665. The Hall–Kier alpha value is -0.810. The number of amides is 1. The molecule has 1 aromatic rings. The van der Waals surface area contributed by atoms with E-state index >= 15 is 0 Å². The summed E-state index contributed by atoms with van der Waals surface area (Å²) in [6.45, 7) is 1.63. The van der Waals surface area contributed by atoms with Crippen molar-refractivity contribution in [3.8, 4) is 0 Å². The van der Waals surface area contributed by atoms with Crippen molar-refractivity contribution >= 4 is 29.1 Å². The summed E-state index contributed by atoms with van der Waals surface area (Å²) in [5.41, 5.74) is 5.92. The molecule has 0 aliphatic rings. The summed E-state index contributed by atoms with van der Waals surface area (Å²) in [4.78, 5) is 11.2. The highest BCUT2D eigenvalue weighted by molar-refractivity contribution is 6.34. The molecule has 0 saturated heterocycles. The SMILES string of the molecule is C[C@@H](N)C(=O)NCC(O)c1cc(Cl)cc(Cl)c1. The second-order valence-corrected chi connectivity index (χ2v) is 4.63. The first-order valence-electron chi connectivity index (χ1n) is 5.07. The Kier molecular flexibility index (Phi) is 5.21. The van der Waals surface area contributed by atoms with Gasteiger partial charge in [0, 0.05) is 16.6 Å². The number of aliphatic hydroxyl groups excluding tert-OH is 1. The van der Waals surface area contributed by atoms with Crippen LogP contribution in [0, 0.1) is 0 Å². The van der Waals surface area contributed by atoms with Crippen LogP contribution in [0.3, 0.4) is 0 Å². The first-order valence-corrected chi connectivity index (χ1v) is 5.83. The van der Waals surface area contributed by atoms with E-state index in [0.717, 1.165) is 0 Å². The Balaban J connectivity index is 2.63. The van der Waals surface area contributed by atoms with Gasteiger partial charge in [-0.3, -0.25) is 4.79 Å². The minimum atomic E-state index is -0.867.